The zero-order valence-electron chi connectivity index (χ0n) is 6.83. The predicted molar refractivity (Wildman–Crippen MR) is 37.1 cm³/mol. The molecule has 1 rings (SSSR count). The SMILES string of the molecule is CCOc1ccccc1[O-].[Na+]. The van der Waals surface area contributed by atoms with Gasteiger partial charge in [0.2, 0.25) is 0 Å². The standard InChI is InChI=1S/C8H10O2.Na/c1-2-10-8-6-4-3-5-7(8)9;/h3-6,9H,2H2,1H3;/q;+1/p-1. The van der Waals surface area contributed by atoms with Crippen molar-refractivity contribution in [3.63, 3.8) is 0 Å². The number of hydrogen-bond acceptors (Lipinski definition) is 2. The number of hydrogen-bond donors (Lipinski definition) is 0. The van der Waals surface area contributed by atoms with Gasteiger partial charge in [-0.2, -0.15) is 0 Å². The van der Waals surface area contributed by atoms with Crippen molar-refractivity contribution in [1.29, 1.82) is 0 Å². The van der Waals surface area contributed by atoms with Gasteiger partial charge in [0.15, 0.2) is 0 Å². The van der Waals surface area contributed by atoms with E-state index in [0.29, 0.717) is 12.4 Å². The van der Waals surface area contributed by atoms with E-state index in [1.54, 1.807) is 18.2 Å². The Hall–Kier alpha value is -0.180. The van der Waals surface area contributed by atoms with Crippen LogP contribution in [0, 0.1) is 0 Å². The van der Waals surface area contributed by atoms with E-state index >= 15 is 0 Å². The molecule has 0 aromatic heterocycles. The Morgan fingerprint density at radius 1 is 1.36 bits per heavy atom. The predicted octanol–water partition coefficient (Wildman–Crippen LogP) is -1.84. The van der Waals surface area contributed by atoms with Crippen LogP contribution in [0.2, 0.25) is 0 Å². The van der Waals surface area contributed by atoms with Crippen LogP contribution in [0.15, 0.2) is 24.3 Å². The van der Waals surface area contributed by atoms with Gasteiger partial charge in [0.25, 0.3) is 0 Å². The summed E-state index contributed by atoms with van der Waals surface area (Å²) in [6.07, 6.45) is 0. The maximum Gasteiger partial charge on any atom is 1.00 e. The second-order valence-electron chi connectivity index (χ2n) is 1.88. The average molecular weight is 160 g/mol. The fourth-order valence-electron chi connectivity index (χ4n) is 0.725. The molecule has 0 atom stereocenters. The molecule has 2 nitrogen and oxygen atoms in total. The Kier molecular flexibility index (Phi) is 5.38. The summed E-state index contributed by atoms with van der Waals surface area (Å²) in [5, 5.41) is 10.9. The number of rotatable bonds is 2. The second-order valence-corrected chi connectivity index (χ2v) is 1.88. The van der Waals surface area contributed by atoms with E-state index in [1.807, 2.05) is 6.92 Å². The van der Waals surface area contributed by atoms with Crippen LogP contribution in [0.5, 0.6) is 11.5 Å². The Morgan fingerprint density at radius 2 is 2.00 bits per heavy atom. The molecule has 3 heteroatoms. The third-order valence-electron chi connectivity index (χ3n) is 1.15. The van der Waals surface area contributed by atoms with Crippen molar-refractivity contribution in [3.05, 3.63) is 24.3 Å². The van der Waals surface area contributed by atoms with Crippen molar-refractivity contribution >= 4 is 0 Å². The van der Waals surface area contributed by atoms with Gasteiger partial charge in [-0.1, -0.05) is 23.9 Å². The Balaban J connectivity index is 0.000001000. The molecule has 0 N–H and O–H groups in total. The van der Waals surface area contributed by atoms with E-state index in [9.17, 15) is 5.11 Å². The molecular formula is C8H9NaO2. The third-order valence-corrected chi connectivity index (χ3v) is 1.15. The van der Waals surface area contributed by atoms with Crippen LogP contribution in [0.1, 0.15) is 6.92 Å². The average Bonchev–Trinajstić information content (AvgIpc) is 1.94. The van der Waals surface area contributed by atoms with Crippen molar-refractivity contribution < 1.29 is 39.4 Å². The maximum absolute atomic E-state index is 10.9. The van der Waals surface area contributed by atoms with E-state index < -0.39 is 0 Å². The Bertz CT molecular complexity index is 213. The van der Waals surface area contributed by atoms with Crippen LogP contribution in [0.25, 0.3) is 0 Å². The zero-order chi connectivity index (χ0) is 7.40. The smallest absolute Gasteiger partial charge is 0.870 e. The first kappa shape index (κ1) is 10.8. The Morgan fingerprint density at radius 3 is 2.55 bits per heavy atom. The molecule has 0 saturated carbocycles. The largest absolute Gasteiger partial charge is 1.00 e. The summed E-state index contributed by atoms with van der Waals surface area (Å²) in [6.45, 7) is 2.39. The fraction of sp³-hybridized carbons (Fsp3) is 0.250. The summed E-state index contributed by atoms with van der Waals surface area (Å²) in [5.41, 5.74) is 0. The monoisotopic (exact) mass is 160 g/mol. The van der Waals surface area contributed by atoms with Gasteiger partial charge in [-0.15, -0.1) is 0 Å². The minimum absolute atomic E-state index is 0. The molecule has 0 saturated heterocycles. The van der Waals surface area contributed by atoms with Gasteiger partial charge < -0.3 is 9.84 Å². The van der Waals surface area contributed by atoms with Gasteiger partial charge in [-0.3, -0.25) is 0 Å². The topological polar surface area (TPSA) is 32.3 Å². The number of benzene rings is 1. The van der Waals surface area contributed by atoms with Crippen LogP contribution < -0.4 is 39.4 Å². The molecule has 1 aromatic carbocycles. The van der Waals surface area contributed by atoms with Crippen molar-refractivity contribution in [1.82, 2.24) is 0 Å². The molecule has 1 aromatic rings. The summed E-state index contributed by atoms with van der Waals surface area (Å²) >= 11 is 0. The van der Waals surface area contributed by atoms with Crippen LogP contribution in [0.4, 0.5) is 0 Å². The fourth-order valence-corrected chi connectivity index (χ4v) is 0.725. The normalized spacial score (nSPS) is 8.45. The first-order chi connectivity index (χ1) is 4.84. The van der Waals surface area contributed by atoms with E-state index in [4.69, 9.17) is 4.74 Å². The quantitative estimate of drug-likeness (QED) is 0.476. The first-order valence-electron chi connectivity index (χ1n) is 3.23. The molecule has 0 aliphatic heterocycles. The van der Waals surface area contributed by atoms with Gasteiger partial charge in [-0.05, 0) is 13.0 Å². The van der Waals surface area contributed by atoms with E-state index in [2.05, 4.69) is 0 Å². The molecule has 0 bridgehead atoms. The van der Waals surface area contributed by atoms with Gasteiger partial charge in [0.05, 0.1) is 6.61 Å². The summed E-state index contributed by atoms with van der Waals surface area (Å²) in [7, 11) is 0. The van der Waals surface area contributed by atoms with Crippen LogP contribution in [-0.2, 0) is 0 Å². The molecule has 0 fully saturated rings. The molecular weight excluding hydrogens is 151 g/mol. The minimum Gasteiger partial charge on any atom is -0.870 e. The van der Waals surface area contributed by atoms with Crippen molar-refractivity contribution in [2.75, 3.05) is 6.61 Å². The maximum atomic E-state index is 10.9. The second kappa shape index (κ2) is 5.47. The van der Waals surface area contributed by atoms with Gasteiger partial charge in [-0.25, -0.2) is 0 Å². The molecule has 54 valence electrons. The molecule has 11 heavy (non-hydrogen) atoms. The third kappa shape index (κ3) is 3.14. The van der Waals surface area contributed by atoms with E-state index in [0.717, 1.165) is 0 Å². The molecule has 0 aliphatic rings. The van der Waals surface area contributed by atoms with Crippen molar-refractivity contribution in [2.45, 2.75) is 6.92 Å². The summed E-state index contributed by atoms with van der Waals surface area (Å²) < 4.78 is 5.02. The molecule has 0 aliphatic carbocycles. The van der Waals surface area contributed by atoms with Crippen molar-refractivity contribution in [2.24, 2.45) is 0 Å². The summed E-state index contributed by atoms with van der Waals surface area (Å²) in [4.78, 5) is 0. The number of para-hydroxylation sites is 2. The number of ether oxygens (including phenoxy) is 1. The van der Waals surface area contributed by atoms with E-state index in [-0.39, 0.29) is 35.3 Å². The molecule has 0 unspecified atom stereocenters. The summed E-state index contributed by atoms with van der Waals surface area (Å²) in [5.74, 6) is 0.384. The van der Waals surface area contributed by atoms with Crippen LogP contribution >= 0.6 is 0 Å². The molecule has 0 heterocycles. The van der Waals surface area contributed by atoms with Crippen LogP contribution in [-0.4, -0.2) is 6.61 Å². The van der Waals surface area contributed by atoms with Gasteiger partial charge >= 0.3 is 29.6 Å². The molecule has 0 spiro atoms. The van der Waals surface area contributed by atoms with Gasteiger partial charge in [0.1, 0.15) is 5.75 Å². The van der Waals surface area contributed by atoms with Crippen LogP contribution in [0.3, 0.4) is 0 Å². The molecule has 0 amide bonds. The minimum atomic E-state index is -0.0515. The van der Waals surface area contributed by atoms with Crippen molar-refractivity contribution in [3.8, 4) is 11.5 Å². The summed E-state index contributed by atoms with van der Waals surface area (Å²) in [6, 6.07) is 6.65. The first-order valence-corrected chi connectivity index (χ1v) is 3.23. The molecule has 0 radical (unpaired) electrons. The van der Waals surface area contributed by atoms with Gasteiger partial charge in [0, 0.05) is 0 Å². The van der Waals surface area contributed by atoms with E-state index in [1.165, 1.54) is 6.07 Å². The Labute approximate surface area is 88.5 Å². The zero-order valence-corrected chi connectivity index (χ0v) is 8.83.